The first kappa shape index (κ1) is 23.1. The summed E-state index contributed by atoms with van der Waals surface area (Å²) < 4.78 is 11.1. The Morgan fingerprint density at radius 1 is 0.875 bits per heavy atom. The Bertz CT molecular complexity index is 1100. The van der Waals surface area contributed by atoms with Crippen LogP contribution in [0.5, 0.6) is 11.5 Å². The fourth-order valence-electron chi connectivity index (χ4n) is 3.69. The van der Waals surface area contributed by atoms with E-state index < -0.39 is 0 Å². The van der Waals surface area contributed by atoms with Gasteiger partial charge in [-0.2, -0.15) is 0 Å². The average molecular weight is 430 g/mol. The van der Waals surface area contributed by atoms with Gasteiger partial charge in [-0.3, -0.25) is 4.79 Å². The summed E-state index contributed by atoms with van der Waals surface area (Å²) in [4.78, 5) is 11.1. The van der Waals surface area contributed by atoms with Gasteiger partial charge in [0.05, 0.1) is 14.2 Å². The van der Waals surface area contributed by atoms with E-state index in [0.29, 0.717) is 0 Å². The van der Waals surface area contributed by atoms with Crippen molar-refractivity contribution in [3.8, 4) is 11.5 Å². The topological polar surface area (TPSA) is 47.6 Å². The molecule has 4 nitrogen and oxygen atoms in total. The van der Waals surface area contributed by atoms with Gasteiger partial charge in [0.25, 0.3) is 0 Å². The van der Waals surface area contributed by atoms with E-state index in [1.54, 1.807) is 14.2 Å². The van der Waals surface area contributed by atoms with E-state index in [1.165, 1.54) is 6.92 Å². The zero-order valence-electron chi connectivity index (χ0n) is 19.1. The van der Waals surface area contributed by atoms with Gasteiger partial charge in [0.15, 0.2) is 11.5 Å². The maximum absolute atomic E-state index is 11.1. The highest BCUT2D eigenvalue weighted by atomic mass is 16.5. The standard InChI is InChI=1S/C28H31NO3/c1-21(30)29-24-18-16-22(17-19-24)12-8-6-4-5-7-9-13-23-20-27(31-2)28(32-3)26-15-11-10-14-25(23)26/h8-20H,4-7H2,1-3H3,(H,29,30)/b12-8+,13-9+. The molecule has 0 saturated carbocycles. The van der Waals surface area contributed by atoms with Gasteiger partial charge in [-0.05, 0) is 60.4 Å². The molecule has 0 aliphatic rings. The van der Waals surface area contributed by atoms with Crippen LogP contribution in [0, 0.1) is 0 Å². The minimum Gasteiger partial charge on any atom is -0.493 e. The number of carbonyl (C=O) groups excluding carboxylic acids is 1. The van der Waals surface area contributed by atoms with Crippen molar-refractivity contribution in [3.05, 3.63) is 77.9 Å². The molecule has 0 unspecified atom stereocenters. The number of amides is 1. The summed E-state index contributed by atoms with van der Waals surface area (Å²) >= 11 is 0. The largest absolute Gasteiger partial charge is 0.493 e. The van der Waals surface area contributed by atoms with Crippen molar-refractivity contribution in [3.63, 3.8) is 0 Å². The van der Waals surface area contributed by atoms with Crippen LogP contribution < -0.4 is 14.8 Å². The first-order chi connectivity index (χ1) is 15.6. The fraction of sp³-hybridized carbons (Fsp3) is 0.250. The molecular weight excluding hydrogens is 398 g/mol. The zero-order valence-corrected chi connectivity index (χ0v) is 19.1. The van der Waals surface area contributed by atoms with Crippen LogP contribution in [0.2, 0.25) is 0 Å². The lowest BCUT2D eigenvalue weighted by molar-refractivity contribution is -0.114. The smallest absolute Gasteiger partial charge is 0.221 e. The number of nitrogens with one attached hydrogen (secondary N) is 1. The van der Waals surface area contributed by atoms with Crippen LogP contribution in [0.15, 0.2) is 66.7 Å². The number of ether oxygens (including phenoxy) is 2. The van der Waals surface area contributed by atoms with Crippen molar-refractivity contribution < 1.29 is 14.3 Å². The molecule has 0 radical (unpaired) electrons. The SMILES string of the molecule is COc1cc(/C=C/CCCC/C=C/c2ccc(NC(C)=O)cc2)c2ccccc2c1OC. The zero-order chi connectivity index (χ0) is 22.8. The molecule has 0 spiro atoms. The summed E-state index contributed by atoms with van der Waals surface area (Å²) in [6, 6.07) is 18.1. The molecule has 0 aromatic heterocycles. The van der Waals surface area contributed by atoms with Gasteiger partial charge in [-0.1, -0.05) is 60.7 Å². The highest BCUT2D eigenvalue weighted by Crippen LogP contribution is 2.38. The Balaban J connectivity index is 1.50. The second-order valence-corrected chi connectivity index (χ2v) is 7.64. The van der Waals surface area contributed by atoms with Crippen molar-refractivity contribution in [1.29, 1.82) is 0 Å². The van der Waals surface area contributed by atoms with Gasteiger partial charge in [0.2, 0.25) is 5.91 Å². The lowest BCUT2D eigenvalue weighted by Crippen LogP contribution is -2.05. The molecule has 3 aromatic rings. The van der Waals surface area contributed by atoms with Crippen molar-refractivity contribution in [2.24, 2.45) is 0 Å². The number of rotatable bonds is 10. The minimum absolute atomic E-state index is 0.0540. The van der Waals surface area contributed by atoms with E-state index >= 15 is 0 Å². The molecule has 4 heteroatoms. The van der Waals surface area contributed by atoms with Crippen LogP contribution in [0.1, 0.15) is 43.7 Å². The van der Waals surface area contributed by atoms with E-state index in [1.807, 2.05) is 42.5 Å². The highest BCUT2D eigenvalue weighted by molar-refractivity contribution is 5.97. The molecule has 0 saturated heterocycles. The molecule has 0 atom stereocenters. The Kier molecular flexibility index (Phi) is 8.50. The van der Waals surface area contributed by atoms with Crippen LogP contribution in [0.25, 0.3) is 22.9 Å². The van der Waals surface area contributed by atoms with Crippen molar-refractivity contribution in [2.45, 2.75) is 32.6 Å². The second kappa shape index (κ2) is 11.8. The number of methoxy groups -OCH3 is 2. The predicted octanol–water partition coefficient (Wildman–Crippen LogP) is 7.10. The Hall–Kier alpha value is -3.53. The molecule has 1 N–H and O–H groups in total. The maximum atomic E-state index is 11.1. The van der Waals surface area contributed by atoms with E-state index in [-0.39, 0.29) is 5.91 Å². The molecule has 0 bridgehead atoms. The van der Waals surface area contributed by atoms with Crippen LogP contribution in [0.4, 0.5) is 5.69 Å². The molecule has 0 fully saturated rings. The van der Waals surface area contributed by atoms with Crippen molar-refractivity contribution in [2.75, 3.05) is 19.5 Å². The van der Waals surface area contributed by atoms with E-state index in [4.69, 9.17) is 9.47 Å². The minimum atomic E-state index is -0.0540. The molecular formula is C28H31NO3. The molecule has 3 aromatic carbocycles. The number of benzene rings is 3. The van der Waals surface area contributed by atoms with Crippen molar-refractivity contribution in [1.82, 2.24) is 0 Å². The number of unbranched alkanes of at least 4 members (excludes halogenated alkanes) is 3. The van der Waals surface area contributed by atoms with Crippen LogP contribution in [-0.2, 0) is 4.79 Å². The van der Waals surface area contributed by atoms with Gasteiger partial charge in [-0.15, -0.1) is 0 Å². The third-order valence-electron chi connectivity index (χ3n) is 5.25. The van der Waals surface area contributed by atoms with Gasteiger partial charge in [-0.25, -0.2) is 0 Å². The van der Waals surface area contributed by atoms with Gasteiger partial charge in [0, 0.05) is 18.0 Å². The number of allylic oxidation sites excluding steroid dienone is 2. The fourth-order valence-corrected chi connectivity index (χ4v) is 3.69. The summed E-state index contributed by atoms with van der Waals surface area (Å²) in [6.07, 6.45) is 13.1. The molecule has 166 valence electrons. The Morgan fingerprint density at radius 3 is 2.16 bits per heavy atom. The Labute approximate surface area is 190 Å². The molecule has 0 heterocycles. The second-order valence-electron chi connectivity index (χ2n) is 7.64. The van der Waals surface area contributed by atoms with Gasteiger partial charge in [0.1, 0.15) is 0 Å². The normalized spacial score (nSPS) is 11.3. The van der Waals surface area contributed by atoms with Crippen LogP contribution >= 0.6 is 0 Å². The lowest BCUT2D eigenvalue weighted by Gasteiger charge is -2.13. The monoisotopic (exact) mass is 429 g/mol. The number of fused-ring (bicyclic) bond motifs is 1. The predicted molar refractivity (Wildman–Crippen MR) is 134 cm³/mol. The van der Waals surface area contributed by atoms with Crippen molar-refractivity contribution >= 4 is 34.5 Å². The summed E-state index contributed by atoms with van der Waals surface area (Å²) in [7, 11) is 3.35. The van der Waals surface area contributed by atoms with Crippen LogP contribution in [-0.4, -0.2) is 20.1 Å². The summed E-state index contributed by atoms with van der Waals surface area (Å²) in [5, 5.41) is 5.00. The first-order valence-corrected chi connectivity index (χ1v) is 11.0. The van der Waals surface area contributed by atoms with E-state index in [2.05, 4.69) is 41.8 Å². The third kappa shape index (κ3) is 6.24. The van der Waals surface area contributed by atoms with E-state index in [9.17, 15) is 4.79 Å². The average Bonchev–Trinajstić information content (AvgIpc) is 2.81. The van der Waals surface area contributed by atoms with Gasteiger partial charge >= 0.3 is 0 Å². The number of hydrogen-bond donors (Lipinski definition) is 1. The highest BCUT2D eigenvalue weighted by Gasteiger charge is 2.11. The summed E-state index contributed by atoms with van der Waals surface area (Å²) in [5.74, 6) is 1.47. The number of hydrogen-bond acceptors (Lipinski definition) is 3. The lowest BCUT2D eigenvalue weighted by atomic mass is 10.0. The molecule has 0 aliphatic carbocycles. The maximum Gasteiger partial charge on any atom is 0.221 e. The molecule has 0 aliphatic heterocycles. The Morgan fingerprint density at radius 2 is 1.53 bits per heavy atom. The summed E-state index contributed by atoms with van der Waals surface area (Å²) in [6.45, 7) is 1.51. The quantitative estimate of drug-likeness (QED) is 0.350. The van der Waals surface area contributed by atoms with Gasteiger partial charge < -0.3 is 14.8 Å². The molecule has 3 rings (SSSR count). The third-order valence-corrected chi connectivity index (χ3v) is 5.25. The first-order valence-electron chi connectivity index (χ1n) is 11.0. The molecule has 1 amide bonds. The number of anilines is 1. The van der Waals surface area contributed by atoms with Crippen LogP contribution in [0.3, 0.4) is 0 Å². The number of carbonyl (C=O) groups is 1. The summed E-state index contributed by atoms with van der Waals surface area (Å²) in [5.41, 5.74) is 3.10. The molecule has 32 heavy (non-hydrogen) atoms. The van der Waals surface area contributed by atoms with E-state index in [0.717, 1.165) is 64.8 Å².